The number of rotatable bonds is 6. The molecule has 6 N–H and O–H groups in total. The average Bonchev–Trinajstić information content (AvgIpc) is 2.45. The van der Waals surface area contributed by atoms with Crippen LogP contribution in [0.4, 0.5) is 0 Å². The molecule has 0 fully saturated rings. The van der Waals surface area contributed by atoms with Gasteiger partial charge in [0.25, 0.3) is 0 Å². The van der Waals surface area contributed by atoms with Gasteiger partial charge in [-0.15, -0.1) is 0 Å². The van der Waals surface area contributed by atoms with Gasteiger partial charge in [0.1, 0.15) is 0 Å². The van der Waals surface area contributed by atoms with Crippen molar-refractivity contribution >= 4 is 69.5 Å². The van der Waals surface area contributed by atoms with Gasteiger partial charge in [-0.3, -0.25) is 34.8 Å². The maximum Gasteiger partial charge on any atom is 3.00 e. The molecule has 25 heavy (non-hydrogen) atoms. The Labute approximate surface area is 175 Å². The minimum Gasteiger partial charge on any atom is -0.314 e. The second-order valence-electron chi connectivity index (χ2n) is 4.45. The van der Waals surface area contributed by atoms with Crippen LogP contribution in [0.25, 0.3) is 0 Å². The summed E-state index contributed by atoms with van der Waals surface area (Å²) >= 11 is 15.9. The third-order valence-electron chi connectivity index (χ3n) is 1.91. The number of halogens is 3. The van der Waals surface area contributed by atoms with Crippen LogP contribution in [-0.4, -0.2) is 63.5 Å². The first-order valence-electron chi connectivity index (χ1n) is 6.41. The molecule has 1 radical (unpaired) electrons. The Morgan fingerprint density at radius 1 is 0.440 bits per heavy atom. The van der Waals surface area contributed by atoms with E-state index in [1.807, 2.05) is 0 Å². The first-order chi connectivity index (χ1) is 10.7. The zero-order valence-corrected chi connectivity index (χ0v) is 18.7. The van der Waals surface area contributed by atoms with Gasteiger partial charge < -0.3 is 28.8 Å². The summed E-state index contributed by atoms with van der Waals surface area (Å²) in [4.78, 5) is 51.3. The van der Waals surface area contributed by atoms with E-state index in [0.29, 0.717) is 0 Å². The maximum atomic E-state index is 8.56. The predicted molar refractivity (Wildman–Crippen MR) is 103 cm³/mol. The zero-order chi connectivity index (χ0) is 20.2. The molecule has 10 heteroatoms. The zero-order valence-electron chi connectivity index (χ0n) is 14.7. The second-order valence-corrected chi connectivity index (χ2v) is 5.59. The van der Waals surface area contributed by atoms with Gasteiger partial charge in [-0.1, -0.05) is 16.1 Å². The van der Waals surface area contributed by atoms with E-state index in [1.165, 1.54) is 41.5 Å². The van der Waals surface area contributed by atoms with Crippen molar-refractivity contribution in [3.05, 3.63) is 16.1 Å². The summed E-state index contributed by atoms with van der Waals surface area (Å²) in [6, 6.07) is 0. The van der Waals surface area contributed by atoms with Gasteiger partial charge in [0.05, 0.1) is 0 Å². The van der Waals surface area contributed by atoms with E-state index >= 15 is 0 Å². The summed E-state index contributed by atoms with van der Waals surface area (Å²) in [6.07, 6.45) is 0. The second kappa shape index (κ2) is 16.6. The summed E-state index contributed by atoms with van der Waals surface area (Å²) in [7, 11) is 0. The summed E-state index contributed by atoms with van der Waals surface area (Å²) in [5.41, 5.74) is 0. The third kappa shape index (κ3) is 19.3. The van der Waals surface area contributed by atoms with Gasteiger partial charge in [-0.2, -0.15) is 0 Å². The van der Waals surface area contributed by atoms with Gasteiger partial charge in [-0.05, 0) is 0 Å². The van der Waals surface area contributed by atoms with Crippen molar-refractivity contribution in [2.24, 2.45) is 0 Å². The molecule has 0 aliphatic heterocycles. The Balaban J connectivity index is -0.000000130. The van der Waals surface area contributed by atoms with Crippen LogP contribution in [-0.2, 0) is 19.5 Å². The number of ketones is 6. The molecule has 6 nitrogen and oxygen atoms in total. The van der Waals surface area contributed by atoms with Crippen LogP contribution in [0, 0.1) is 16.1 Å². The Hall–Kier alpha value is -0.877. The Kier molecular flexibility index (Phi) is 21.1. The molecule has 0 heterocycles. The van der Waals surface area contributed by atoms with Crippen molar-refractivity contribution in [2.45, 2.75) is 41.5 Å². The SMILES string of the molecule is CC(=[OH+])[C-](Cl)C(C)=[OH+].CC(=[OH+])[C-](Cl)C(C)=[OH+].CC(=[OH+])[C-](Cl)C(C)=[OH+].[Ru+3]. The molecule has 0 atom stereocenters. The van der Waals surface area contributed by atoms with Crippen LogP contribution in [0.1, 0.15) is 41.5 Å². The van der Waals surface area contributed by atoms with Gasteiger partial charge in [0.2, 0.25) is 0 Å². The molecule has 0 amide bonds. The van der Waals surface area contributed by atoms with Crippen molar-refractivity contribution in [2.75, 3.05) is 0 Å². The molecule has 0 saturated heterocycles. The molecule has 0 aromatic rings. The number of carbonyl (C=O) groups excluding carboxylic acids is 6. The van der Waals surface area contributed by atoms with E-state index in [4.69, 9.17) is 63.6 Å². The third-order valence-corrected chi connectivity index (χ3v) is 3.55. The molecule has 0 spiro atoms. The monoisotopic (exact) mass is 507 g/mol. The molecule has 0 rings (SSSR count). The van der Waals surface area contributed by atoms with E-state index < -0.39 is 0 Å². The largest absolute Gasteiger partial charge is 3.00 e. The van der Waals surface area contributed by atoms with Crippen molar-refractivity contribution in [1.29, 1.82) is 0 Å². The minimum atomic E-state index is -0.0633. The quantitative estimate of drug-likeness (QED) is 0.227. The summed E-state index contributed by atoms with van der Waals surface area (Å²) in [6.45, 7) is 8.43. The van der Waals surface area contributed by atoms with Crippen molar-refractivity contribution < 1.29 is 48.2 Å². The van der Waals surface area contributed by atoms with E-state index in [9.17, 15) is 0 Å². The van der Waals surface area contributed by atoms with Gasteiger partial charge in [0.15, 0.2) is 34.7 Å². The molecule has 0 aliphatic carbocycles. The Morgan fingerprint density at radius 3 is 0.520 bits per heavy atom. The molecular formula is C15H24Cl3O6Ru+6. The predicted octanol–water partition coefficient (Wildman–Crippen LogP) is 2.66. The van der Waals surface area contributed by atoms with Crippen LogP contribution in [0.2, 0.25) is 0 Å². The molecule has 143 valence electrons. The van der Waals surface area contributed by atoms with Crippen molar-refractivity contribution in [1.82, 2.24) is 0 Å². The van der Waals surface area contributed by atoms with Gasteiger partial charge in [0, 0.05) is 41.5 Å². The van der Waals surface area contributed by atoms with Crippen LogP contribution >= 0.6 is 34.8 Å². The fourth-order valence-electron chi connectivity index (χ4n) is 0.785. The summed E-state index contributed by atoms with van der Waals surface area (Å²) < 4.78 is 0. The Morgan fingerprint density at radius 2 is 0.520 bits per heavy atom. The van der Waals surface area contributed by atoms with Crippen LogP contribution in [0.5, 0.6) is 0 Å². The molecular weight excluding hydrogens is 484 g/mol. The first-order valence-corrected chi connectivity index (χ1v) is 7.54. The smallest absolute Gasteiger partial charge is 0.314 e. The Bertz CT molecular complexity index is 394. The topological polar surface area (TPSA) is 128 Å². The molecule has 0 bridgehead atoms. The standard InChI is InChI=1S/3C5H6ClO2.Ru/c3*1-3(7)5(6)4(2)8;/h3*1-2H3;/q3*-1;+3/p+6. The normalized spacial score (nSPS) is 8.04. The minimum absolute atomic E-state index is 0. The van der Waals surface area contributed by atoms with Crippen molar-refractivity contribution in [3.63, 3.8) is 0 Å². The summed E-state index contributed by atoms with van der Waals surface area (Å²) in [5.74, 6) is -0.380. The van der Waals surface area contributed by atoms with E-state index in [-0.39, 0.29) is 70.3 Å². The number of hydrogen-bond donors (Lipinski definition) is 0. The molecule has 0 aromatic heterocycles. The van der Waals surface area contributed by atoms with Crippen LogP contribution in [0.15, 0.2) is 0 Å². The average molecular weight is 508 g/mol. The maximum absolute atomic E-state index is 8.56. The molecule has 0 saturated carbocycles. The van der Waals surface area contributed by atoms with E-state index in [1.54, 1.807) is 0 Å². The molecule has 0 aromatic carbocycles. The van der Waals surface area contributed by atoms with Gasteiger partial charge in [-0.25, -0.2) is 0 Å². The number of hydrogen-bond acceptors (Lipinski definition) is 0. The van der Waals surface area contributed by atoms with Crippen molar-refractivity contribution in [3.8, 4) is 0 Å². The fourth-order valence-corrected chi connectivity index (χ4v) is 0.785. The molecule has 0 unspecified atom stereocenters. The van der Waals surface area contributed by atoms with E-state index in [0.717, 1.165) is 0 Å². The van der Waals surface area contributed by atoms with E-state index in [2.05, 4.69) is 0 Å². The van der Waals surface area contributed by atoms with Crippen LogP contribution in [0.3, 0.4) is 0 Å². The fraction of sp³-hybridized carbons (Fsp3) is 0.400. The summed E-state index contributed by atoms with van der Waals surface area (Å²) in [5, 5.41) is 0.0556. The molecule has 0 aliphatic rings. The van der Waals surface area contributed by atoms with Gasteiger partial charge >= 0.3 is 19.5 Å². The first kappa shape index (κ1) is 31.9. The van der Waals surface area contributed by atoms with Crippen LogP contribution < -0.4 is 0 Å².